The molecule has 0 bridgehead atoms. The molecule has 4 rings (SSSR count). The zero-order chi connectivity index (χ0) is 25.6. The van der Waals surface area contributed by atoms with E-state index in [0.717, 1.165) is 0 Å². The molecule has 188 valence electrons. The van der Waals surface area contributed by atoms with Gasteiger partial charge in [0.15, 0.2) is 0 Å². The maximum atomic E-state index is 15.2. The number of carbonyl (C=O) groups is 1. The second-order valence-electron chi connectivity index (χ2n) is 9.61. The summed E-state index contributed by atoms with van der Waals surface area (Å²) < 4.78 is 70.9. The molecule has 1 aromatic heterocycles. The van der Waals surface area contributed by atoms with E-state index in [9.17, 15) is 17.6 Å². The number of pyridine rings is 1. The van der Waals surface area contributed by atoms with Gasteiger partial charge < -0.3 is 5.73 Å². The Bertz CT molecular complexity index is 1250. The zero-order valence-corrected chi connectivity index (χ0v) is 20.2. The van der Waals surface area contributed by atoms with E-state index >= 15 is 8.78 Å². The Balaban J connectivity index is 1.68. The fourth-order valence-electron chi connectivity index (χ4n) is 5.68. The van der Waals surface area contributed by atoms with Crippen LogP contribution in [0, 0.1) is 23.6 Å². The van der Waals surface area contributed by atoms with Gasteiger partial charge in [-0.15, -0.1) is 0 Å². The molecule has 1 aliphatic heterocycles. The lowest BCUT2D eigenvalue weighted by Crippen LogP contribution is -2.57. The summed E-state index contributed by atoms with van der Waals surface area (Å²) in [4.78, 5) is 15.8. The number of hydrogen-bond donors (Lipinski definition) is 2. The summed E-state index contributed by atoms with van der Waals surface area (Å²) in [5, 5.41) is 0. The van der Waals surface area contributed by atoms with Crippen molar-refractivity contribution in [1.29, 1.82) is 0 Å². The summed E-state index contributed by atoms with van der Waals surface area (Å²) >= 11 is 0. The molecule has 0 spiro atoms. The van der Waals surface area contributed by atoms with Gasteiger partial charge in [0.05, 0.1) is 10.4 Å². The van der Waals surface area contributed by atoms with Crippen LogP contribution < -0.4 is 10.5 Å². The van der Waals surface area contributed by atoms with Crippen LogP contribution in [0.25, 0.3) is 17.2 Å². The minimum atomic E-state index is -4.12. The molecule has 2 heterocycles. The number of aromatic nitrogens is 1. The highest BCUT2D eigenvalue weighted by atomic mass is 32.2. The number of primary amides is 1. The van der Waals surface area contributed by atoms with E-state index in [1.807, 2.05) is 0 Å². The Morgan fingerprint density at radius 2 is 1.97 bits per heavy atom. The molecule has 0 unspecified atom stereocenters. The van der Waals surface area contributed by atoms with Crippen LogP contribution in [0.3, 0.4) is 0 Å². The predicted octanol–water partition coefficient (Wildman–Crippen LogP) is 4.13. The van der Waals surface area contributed by atoms with Crippen molar-refractivity contribution in [3.8, 4) is 11.1 Å². The first kappa shape index (κ1) is 25.4. The molecular weight excluding hydrogens is 479 g/mol. The van der Waals surface area contributed by atoms with Crippen molar-refractivity contribution in [1.82, 2.24) is 9.71 Å². The Hall–Kier alpha value is -2.72. The average Bonchev–Trinajstić information content (AvgIpc) is 2.97. The monoisotopic (exact) mass is 507 g/mol. The molecule has 10 heteroatoms. The van der Waals surface area contributed by atoms with Crippen LogP contribution in [0.15, 0.2) is 48.7 Å². The highest BCUT2D eigenvalue weighted by Crippen LogP contribution is 2.58. The fraction of sp³-hybridized carbons (Fsp3) is 0.440. The quantitative estimate of drug-likeness (QED) is 0.614. The second-order valence-corrected chi connectivity index (χ2v) is 11.7. The van der Waals surface area contributed by atoms with Crippen LogP contribution in [-0.4, -0.2) is 36.0 Å². The minimum Gasteiger partial charge on any atom is -0.370 e. The number of carbonyl (C=O) groups excluding carboxylic acids is 1. The molecule has 1 aliphatic carbocycles. The first-order chi connectivity index (χ1) is 16.4. The number of nitrogens with two attached hydrogens (primary N) is 1. The van der Waals surface area contributed by atoms with Crippen molar-refractivity contribution in [2.75, 3.05) is 0 Å². The number of nitrogens with one attached hydrogen (secondary N) is 1. The topological polar surface area (TPSA) is 102 Å². The summed E-state index contributed by atoms with van der Waals surface area (Å²) in [7, 11) is -4.12. The Morgan fingerprint density at radius 3 is 2.60 bits per heavy atom. The number of sulfonamides is 1. The largest absolute Gasteiger partial charge is 0.370 e. The lowest BCUT2D eigenvalue weighted by atomic mass is 9.61. The van der Waals surface area contributed by atoms with E-state index in [-0.39, 0.29) is 18.7 Å². The van der Waals surface area contributed by atoms with Gasteiger partial charge in [-0.25, -0.2) is 26.3 Å². The van der Waals surface area contributed by atoms with Gasteiger partial charge in [-0.2, -0.15) is 0 Å². The van der Waals surface area contributed by atoms with Crippen molar-refractivity contribution in [3.63, 3.8) is 0 Å². The molecule has 5 atom stereocenters. The summed E-state index contributed by atoms with van der Waals surface area (Å²) in [6.07, 6.45) is 3.35. The van der Waals surface area contributed by atoms with E-state index in [2.05, 4.69) is 9.71 Å². The lowest BCUT2D eigenvalue weighted by molar-refractivity contribution is -0.128. The molecule has 1 saturated heterocycles. The van der Waals surface area contributed by atoms with E-state index in [4.69, 9.17) is 5.73 Å². The fourth-order valence-corrected chi connectivity index (χ4v) is 8.03. The highest BCUT2D eigenvalue weighted by Gasteiger charge is 2.68. The number of halogens is 3. The average molecular weight is 508 g/mol. The third-order valence-corrected chi connectivity index (χ3v) is 9.82. The van der Waals surface area contributed by atoms with E-state index in [1.54, 1.807) is 49.5 Å². The van der Waals surface area contributed by atoms with E-state index in [1.165, 1.54) is 19.1 Å². The van der Waals surface area contributed by atoms with Gasteiger partial charge in [0, 0.05) is 42.5 Å². The van der Waals surface area contributed by atoms with Gasteiger partial charge in [-0.1, -0.05) is 31.2 Å². The third-order valence-electron chi connectivity index (χ3n) is 7.44. The zero-order valence-electron chi connectivity index (χ0n) is 19.4. The number of amides is 1. The molecule has 2 fully saturated rings. The Morgan fingerprint density at radius 1 is 1.23 bits per heavy atom. The summed E-state index contributed by atoms with van der Waals surface area (Å²) in [5.41, 5.74) is 7.10. The van der Waals surface area contributed by atoms with Gasteiger partial charge in [0.2, 0.25) is 15.9 Å². The van der Waals surface area contributed by atoms with Crippen molar-refractivity contribution in [2.24, 2.45) is 23.5 Å². The minimum absolute atomic E-state index is 0.264. The number of alkyl halides is 2. The molecular formula is C25H28F3N3O3S. The Labute approximate surface area is 202 Å². The van der Waals surface area contributed by atoms with E-state index in [0.29, 0.717) is 16.8 Å². The number of hydrogen-bond acceptors (Lipinski definition) is 4. The smallest absolute Gasteiger partial charge is 0.252 e. The maximum absolute atomic E-state index is 15.2. The van der Waals surface area contributed by atoms with Crippen molar-refractivity contribution >= 4 is 22.0 Å². The number of allylic oxidation sites excluding steroid dienone is 1. The molecule has 2 aromatic rings. The maximum Gasteiger partial charge on any atom is 0.252 e. The van der Waals surface area contributed by atoms with Gasteiger partial charge in [0.25, 0.3) is 5.92 Å². The van der Waals surface area contributed by atoms with Gasteiger partial charge in [-0.3, -0.25) is 9.78 Å². The first-order valence-electron chi connectivity index (χ1n) is 11.4. The van der Waals surface area contributed by atoms with Crippen LogP contribution in [0.4, 0.5) is 13.2 Å². The number of fused-ring (bicyclic) bond motifs is 1. The molecule has 1 amide bonds. The van der Waals surface area contributed by atoms with Gasteiger partial charge in [0.1, 0.15) is 5.82 Å². The van der Waals surface area contributed by atoms with Crippen LogP contribution in [-0.2, 0) is 14.8 Å². The van der Waals surface area contributed by atoms with Crippen LogP contribution >= 0.6 is 0 Å². The number of benzene rings is 1. The predicted molar refractivity (Wildman–Crippen MR) is 127 cm³/mol. The standard InChI is InChI=1S/C25H28F3N3O3S/c1-15-21(9-8-20-7-6-18(13-30-20)17-4-3-5-19(26)12-17)23-16(2)31-35(33,34)24(23,11-10-22(29)32)14-25(15,27)28/h3-9,12-13,15-16,21,23,31H,10-11,14H2,1-2H3,(H2,29,32)/b9-8+/t15-,16+,21-,23-,24+/m0/s1. The molecule has 2 aliphatic rings. The molecule has 35 heavy (non-hydrogen) atoms. The van der Waals surface area contributed by atoms with Crippen LogP contribution in [0.5, 0.6) is 0 Å². The van der Waals surface area contributed by atoms with Crippen LogP contribution in [0.1, 0.15) is 38.8 Å². The van der Waals surface area contributed by atoms with E-state index < -0.39 is 56.8 Å². The number of rotatable bonds is 6. The molecule has 1 saturated carbocycles. The highest BCUT2D eigenvalue weighted by molar-refractivity contribution is 7.91. The number of nitrogens with zero attached hydrogens (tertiary/aromatic N) is 1. The molecule has 1 aromatic carbocycles. The summed E-state index contributed by atoms with van der Waals surface area (Å²) in [6.45, 7) is 3.09. The first-order valence-corrected chi connectivity index (χ1v) is 12.9. The van der Waals surface area contributed by atoms with Crippen molar-refractivity contribution in [2.45, 2.75) is 49.8 Å². The van der Waals surface area contributed by atoms with Gasteiger partial charge in [-0.05, 0) is 49.1 Å². The van der Waals surface area contributed by atoms with Crippen molar-refractivity contribution in [3.05, 3.63) is 60.2 Å². The normalized spacial score (nSPS) is 31.3. The summed E-state index contributed by atoms with van der Waals surface area (Å²) in [5.74, 6) is -6.97. The second kappa shape index (κ2) is 9.05. The lowest BCUT2D eigenvalue weighted by Gasteiger charge is -2.49. The van der Waals surface area contributed by atoms with Crippen molar-refractivity contribution < 1.29 is 26.4 Å². The van der Waals surface area contributed by atoms with Crippen LogP contribution in [0.2, 0.25) is 0 Å². The Kier molecular flexibility index (Phi) is 6.56. The van der Waals surface area contributed by atoms with Gasteiger partial charge >= 0.3 is 0 Å². The third kappa shape index (κ3) is 4.61. The molecule has 3 N–H and O–H groups in total. The molecule has 6 nitrogen and oxygen atoms in total. The summed E-state index contributed by atoms with van der Waals surface area (Å²) in [6, 6.07) is 8.93. The SMILES string of the molecule is C[C@H]1NS(=O)(=O)[C@]2(CCC(N)=O)CC(F)(F)[C@@H](C)[C@H](/C=C/c3ccc(-c4cccc(F)c4)cn3)[C@H]12. The molecule has 0 radical (unpaired) electrons.